The summed E-state index contributed by atoms with van der Waals surface area (Å²) in [5, 5.41) is 3.42. The summed E-state index contributed by atoms with van der Waals surface area (Å²) in [4.78, 5) is 1.22. The van der Waals surface area contributed by atoms with E-state index >= 15 is 0 Å². The van der Waals surface area contributed by atoms with Crippen LogP contribution in [0, 0.1) is 5.92 Å². The smallest absolute Gasteiger partial charge is 0.132 e. The van der Waals surface area contributed by atoms with Gasteiger partial charge < -0.3 is 14.8 Å². The highest BCUT2D eigenvalue weighted by atomic mass is 32.2. The summed E-state index contributed by atoms with van der Waals surface area (Å²) in [6.45, 7) is 2.26. The molecule has 1 saturated heterocycles. The number of rotatable bonds is 5. The van der Waals surface area contributed by atoms with Crippen LogP contribution in [0.15, 0.2) is 17.0 Å². The SMILES string of the molecule is COc1ccc(OC)c(SC)c1CC1CCNCC1. The fourth-order valence-electron chi connectivity index (χ4n) is 2.73. The lowest BCUT2D eigenvalue weighted by molar-refractivity contribution is 0.354. The van der Waals surface area contributed by atoms with Crippen molar-refractivity contribution in [3.63, 3.8) is 0 Å². The molecule has 2 rings (SSSR count). The van der Waals surface area contributed by atoms with Crippen molar-refractivity contribution in [2.75, 3.05) is 33.6 Å². The minimum atomic E-state index is 0.744. The van der Waals surface area contributed by atoms with E-state index in [1.807, 2.05) is 12.1 Å². The average Bonchev–Trinajstić information content (AvgIpc) is 2.47. The Hall–Kier alpha value is -0.870. The number of ether oxygens (including phenoxy) is 2. The van der Waals surface area contributed by atoms with Crippen LogP contribution in [-0.4, -0.2) is 33.6 Å². The average molecular weight is 281 g/mol. The van der Waals surface area contributed by atoms with Crippen LogP contribution in [0.1, 0.15) is 18.4 Å². The first kappa shape index (κ1) is 14.5. The zero-order valence-electron chi connectivity index (χ0n) is 12.0. The molecule has 0 atom stereocenters. The van der Waals surface area contributed by atoms with E-state index in [1.54, 1.807) is 26.0 Å². The molecule has 0 saturated carbocycles. The maximum Gasteiger partial charge on any atom is 0.132 e. The fourth-order valence-corrected chi connectivity index (χ4v) is 3.51. The van der Waals surface area contributed by atoms with Gasteiger partial charge in [0, 0.05) is 5.56 Å². The standard InChI is InChI=1S/C15H23NO2S/c1-17-13-4-5-14(18-2)15(19-3)12(13)10-11-6-8-16-9-7-11/h4-5,11,16H,6-10H2,1-3H3. The van der Waals surface area contributed by atoms with Gasteiger partial charge in [0.1, 0.15) is 11.5 Å². The maximum absolute atomic E-state index is 5.54. The molecule has 3 nitrogen and oxygen atoms in total. The van der Waals surface area contributed by atoms with E-state index in [1.165, 1.54) is 23.3 Å². The molecule has 0 unspecified atom stereocenters. The molecule has 0 aromatic heterocycles. The Morgan fingerprint density at radius 3 is 2.37 bits per heavy atom. The number of nitrogens with one attached hydrogen (secondary N) is 1. The van der Waals surface area contributed by atoms with E-state index in [0.717, 1.165) is 36.9 Å². The second kappa shape index (κ2) is 7.06. The first-order valence-electron chi connectivity index (χ1n) is 6.78. The molecule has 0 radical (unpaired) electrons. The molecule has 1 aliphatic heterocycles. The molecule has 1 aromatic carbocycles. The summed E-state index contributed by atoms with van der Waals surface area (Å²) in [7, 11) is 3.48. The van der Waals surface area contributed by atoms with Crippen molar-refractivity contribution in [3.8, 4) is 11.5 Å². The first-order valence-corrected chi connectivity index (χ1v) is 8.01. The van der Waals surface area contributed by atoms with Gasteiger partial charge in [0.05, 0.1) is 19.1 Å². The molecule has 1 heterocycles. The molecule has 0 spiro atoms. The largest absolute Gasteiger partial charge is 0.496 e. The highest BCUT2D eigenvalue weighted by Gasteiger charge is 2.20. The zero-order valence-corrected chi connectivity index (χ0v) is 12.8. The van der Waals surface area contributed by atoms with Gasteiger partial charge in [0.25, 0.3) is 0 Å². The quantitative estimate of drug-likeness (QED) is 0.841. The van der Waals surface area contributed by atoms with Crippen LogP contribution in [0.25, 0.3) is 0 Å². The number of hydrogen-bond donors (Lipinski definition) is 1. The summed E-state index contributed by atoms with van der Waals surface area (Å²) in [5.74, 6) is 2.69. The zero-order chi connectivity index (χ0) is 13.7. The minimum Gasteiger partial charge on any atom is -0.496 e. The van der Waals surface area contributed by atoms with Gasteiger partial charge in [-0.25, -0.2) is 0 Å². The Morgan fingerprint density at radius 2 is 1.79 bits per heavy atom. The lowest BCUT2D eigenvalue weighted by Crippen LogP contribution is -2.28. The third-order valence-electron chi connectivity index (χ3n) is 3.78. The molecule has 1 aromatic rings. The number of piperidine rings is 1. The molecule has 1 aliphatic rings. The molecule has 0 bridgehead atoms. The summed E-state index contributed by atoms with van der Waals surface area (Å²) in [6.07, 6.45) is 5.67. The monoisotopic (exact) mass is 281 g/mol. The molecular formula is C15H23NO2S. The van der Waals surface area contributed by atoms with Gasteiger partial charge in [-0.1, -0.05) is 0 Å². The van der Waals surface area contributed by atoms with Crippen molar-refractivity contribution in [2.45, 2.75) is 24.2 Å². The number of benzene rings is 1. The summed E-state index contributed by atoms with van der Waals surface area (Å²) >= 11 is 1.74. The van der Waals surface area contributed by atoms with Crippen molar-refractivity contribution in [2.24, 2.45) is 5.92 Å². The Bertz CT molecular complexity index is 417. The highest BCUT2D eigenvalue weighted by Crippen LogP contribution is 2.39. The molecule has 0 aliphatic carbocycles. The van der Waals surface area contributed by atoms with Crippen molar-refractivity contribution < 1.29 is 9.47 Å². The van der Waals surface area contributed by atoms with E-state index < -0.39 is 0 Å². The van der Waals surface area contributed by atoms with Gasteiger partial charge >= 0.3 is 0 Å². The van der Waals surface area contributed by atoms with Gasteiger partial charge in [-0.15, -0.1) is 11.8 Å². The normalized spacial score (nSPS) is 16.4. The van der Waals surface area contributed by atoms with Crippen LogP contribution in [0.3, 0.4) is 0 Å². The van der Waals surface area contributed by atoms with E-state index in [-0.39, 0.29) is 0 Å². The van der Waals surface area contributed by atoms with Crippen molar-refractivity contribution in [3.05, 3.63) is 17.7 Å². The molecule has 106 valence electrons. The van der Waals surface area contributed by atoms with Gasteiger partial charge in [0.15, 0.2) is 0 Å². The number of methoxy groups -OCH3 is 2. The van der Waals surface area contributed by atoms with Gasteiger partial charge in [0.2, 0.25) is 0 Å². The van der Waals surface area contributed by atoms with Gasteiger partial charge in [-0.2, -0.15) is 0 Å². The molecule has 1 N–H and O–H groups in total. The van der Waals surface area contributed by atoms with Gasteiger partial charge in [-0.05, 0) is 56.7 Å². The molecule has 1 fully saturated rings. The van der Waals surface area contributed by atoms with Crippen molar-refractivity contribution >= 4 is 11.8 Å². The predicted octanol–water partition coefficient (Wildman–Crippen LogP) is 2.97. The number of hydrogen-bond acceptors (Lipinski definition) is 4. The lowest BCUT2D eigenvalue weighted by Gasteiger charge is -2.25. The van der Waals surface area contributed by atoms with Crippen LogP contribution in [0.4, 0.5) is 0 Å². The van der Waals surface area contributed by atoms with Crippen molar-refractivity contribution in [1.29, 1.82) is 0 Å². The second-order valence-electron chi connectivity index (χ2n) is 4.88. The van der Waals surface area contributed by atoms with E-state index in [0.29, 0.717) is 0 Å². The Labute approximate surface area is 120 Å². The lowest BCUT2D eigenvalue weighted by atomic mass is 9.90. The van der Waals surface area contributed by atoms with E-state index in [2.05, 4.69) is 11.6 Å². The minimum absolute atomic E-state index is 0.744. The van der Waals surface area contributed by atoms with Crippen LogP contribution in [-0.2, 0) is 6.42 Å². The second-order valence-corrected chi connectivity index (χ2v) is 5.70. The van der Waals surface area contributed by atoms with Gasteiger partial charge in [-0.3, -0.25) is 0 Å². The Kier molecular flexibility index (Phi) is 5.40. The maximum atomic E-state index is 5.54. The topological polar surface area (TPSA) is 30.5 Å². The van der Waals surface area contributed by atoms with Crippen molar-refractivity contribution in [1.82, 2.24) is 5.32 Å². The predicted molar refractivity (Wildman–Crippen MR) is 80.6 cm³/mol. The third kappa shape index (κ3) is 3.37. The Balaban J connectivity index is 2.28. The van der Waals surface area contributed by atoms with Crippen LogP contribution in [0.5, 0.6) is 11.5 Å². The fraction of sp³-hybridized carbons (Fsp3) is 0.600. The van der Waals surface area contributed by atoms with E-state index in [9.17, 15) is 0 Å². The first-order chi connectivity index (χ1) is 9.30. The van der Waals surface area contributed by atoms with Crippen LogP contribution in [0.2, 0.25) is 0 Å². The summed E-state index contributed by atoms with van der Waals surface area (Å²) in [6, 6.07) is 4.02. The Morgan fingerprint density at radius 1 is 1.16 bits per heavy atom. The highest BCUT2D eigenvalue weighted by molar-refractivity contribution is 7.98. The third-order valence-corrected chi connectivity index (χ3v) is 4.63. The van der Waals surface area contributed by atoms with E-state index in [4.69, 9.17) is 9.47 Å². The molecular weight excluding hydrogens is 258 g/mol. The number of thioether (sulfide) groups is 1. The molecule has 19 heavy (non-hydrogen) atoms. The summed E-state index contributed by atoms with van der Waals surface area (Å²) in [5.41, 5.74) is 1.31. The van der Waals surface area contributed by atoms with Crippen LogP contribution < -0.4 is 14.8 Å². The summed E-state index contributed by atoms with van der Waals surface area (Å²) < 4.78 is 11.0. The van der Waals surface area contributed by atoms with Crippen LogP contribution >= 0.6 is 11.8 Å². The molecule has 4 heteroatoms. The molecule has 0 amide bonds.